The van der Waals surface area contributed by atoms with Crippen LogP contribution in [0.5, 0.6) is 0 Å². The van der Waals surface area contributed by atoms with E-state index in [-0.39, 0.29) is 5.82 Å². The molecule has 22 heavy (non-hydrogen) atoms. The van der Waals surface area contributed by atoms with E-state index in [4.69, 9.17) is 0 Å². The summed E-state index contributed by atoms with van der Waals surface area (Å²) in [6.07, 6.45) is 0. The summed E-state index contributed by atoms with van der Waals surface area (Å²) in [6.45, 7) is 6.93. The third kappa shape index (κ3) is 5.24. The Morgan fingerprint density at radius 3 is 2.27 bits per heavy atom. The SMILES string of the molecule is CC(C)N(C)Cc1cccc(CNCc2ccc(F)cc2)c1. The van der Waals surface area contributed by atoms with Crippen LogP contribution in [-0.2, 0) is 19.6 Å². The molecule has 2 aromatic carbocycles. The summed E-state index contributed by atoms with van der Waals surface area (Å²) in [5.74, 6) is -0.189. The van der Waals surface area contributed by atoms with Crippen LogP contribution in [0, 0.1) is 5.82 Å². The predicted molar refractivity (Wildman–Crippen MR) is 90.0 cm³/mol. The lowest BCUT2D eigenvalue weighted by Crippen LogP contribution is -2.25. The van der Waals surface area contributed by atoms with Crippen LogP contribution in [0.25, 0.3) is 0 Å². The maximum Gasteiger partial charge on any atom is 0.123 e. The summed E-state index contributed by atoms with van der Waals surface area (Å²) >= 11 is 0. The standard InChI is InChI=1S/C19H25FN2/c1-15(2)22(3)14-18-6-4-5-17(11-18)13-21-12-16-7-9-19(20)10-8-16/h4-11,15,21H,12-14H2,1-3H3. The molecule has 0 heterocycles. The molecule has 0 spiro atoms. The number of nitrogens with one attached hydrogen (secondary N) is 1. The molecule has 3 heteroatoms. The van der Waals surface area contributed by atoms with Crippen LogP contribution < -0.4 is 5.32 Å². The molecule has 0 saturated heterocycles. The van der Waals surface area contributed by atoms with Crippen molar-refractivity contribution in [1.82, 2.24) is 10.2 Å². The van der Waals surface area contributed by atoms with Gasteiger partial charge in [0, 0.05) is 25.7 Å². The van der Waals surface area contributed by atoms with Gasteiger partial charge in [0.25, 0.3) is 0 Å². The molecule has 0 unspecified atom stereocenters. The second kappa shape index (κ2) is 8.06. The van der Waals surface area contributed by atoms with Crippen molar-refractivity contribution in [3.63, 3.8) is 0 Å². The number of rotatable bonds is 7. The minimum Gasteiger partial charge on any atom is -0.309 e. The van der Waals surface area contributed by atoms with E-state index in [0.717, 1.165) is 25.2 Å². The molecule has 0 fully saturated rings. The second-order valence-electron chi connectivity index (χ2n) is 6.06. The quantitative estimate of drug-likeness (QED) is 0.833. The Hall–Kier alpha value is -1.71. The maximum absolute atomic E-state index is 12.9. The highest BCUT2D eigenvalue weighted by atomic mass is 19.1. The predicted octanol–water partition coefficient (Wildman–Crippen LogP) is 3.96. The van der Waals surface area contributed by atoms with Crippen LogP contribution in [0.1, 0.15) is 30.5 Å². The number of benzene rings is 2. The third-order valence-corrected chi connectivity index (χ3v) is 3.88. The zero-order valence-electron chi connectivity index (χ0n) is 13.6. The largest absolute Gasteiger partial charge is 0.309 e. The highest BCUT2D eigenvalue weighted by molar-refractivity contribution is 5.23. The molecule has 118 valence electrons. The Balaban J connectivity index is 1.86. The van der Waals surface area contributed by atoms with Gasteiger partial charge in [-0.1, -0.05) is 36.4 Å². The van der Waals surface area contributed by atoms with Gasteiger partial charge in [-0.3, -0.25) is 4.90 Å². The van der Waals surface area contributed by atoms with E-state index in [9.17, 15) is 4.39 Å². The Labute approximate surface area is 133 Å². The monoisotopic (exact) mass is 300 g/mol. The van der Waals surface area contributed by atoms with Crippen molar-refractivity contribution >= 4 is 0 Å². The van der Waals surface area contributed by atoms with Crippen molar-refractivity contribution in [3.8, 4) is 0 Å². The van der Waals surface area contributed by atoms with Gasteiger partial charge in [-0.05, 0) is 49.7 Å². The third-order valence-electron chi connectivity index (χ3n) is 3.88. The summed E-state index contributed by atoms with van der Waals surface area (Å²) in [4.78, 5) is 2.32. The fourth-order valence-corrected chi connectivity index (χ4v) is 2.26. The molecule has 0 radical (unpaired) electrons. The first-order valence-corrected chi connectivity index (χ1v) is 7.78. The molecule has 0 aliphatic carbocycles. The second-order valence-corrected chi connectivity index (χ2v) is 6.06. The van der Waals surface area contributed by atoms with E-state index in [1.165, 1.54) is 23.3 Å². The van der Waals surface area contributed by atoms with Crippen molar-refractivity contribution in [2.45, 2.75) is 39.5 Å². The fourth-order valence-electron chi connectivity index (χ4n) is 2.26. The molecule has 0 bridgehead atoms. The maximum atomic E-state index is 12.9. The molecule has 0 aliphatic rings. The van der Waals surface area contributed by atoms with Gasteiger partial charge in [-0.25, -0.2) is 4.39 Å². The minimum absolute atomic E-state index is 0.189. The van der Waals surface area contributed by atoms with Gasteiger partial charge in [-0.2, -0.15) is 0 Å². The van der Waals surface area contributed by atoms with Crippen LogP contribution in [-0.4, -0.2) is 18.0 Å². The molecule has 0 atom stereocenters. The van der Waals surface area contributed by atoms with Crippen LogP contribution in [0.2, 0.25) is 0 Å². The zero-order valence-corrected chi connectivity index (χ0v) is 13.6. The number of hydrogen-bond donors (Lipinski definition) is 1. The lowest BCUT2D eigenvalue weighted by atomic mass is 10.1. The van der Waals surface area contributed by atoms with Gasteiger partial charge in [0.1, 0.15) is 5.82 Å². The van der Waals surface area contributed by atoms with Gasteiger partial charge >= 0.3 is 0 Å². The molecule has 0 aromatic heterocycles. The number of hydrogen-bond acceptors (Lipinski definition) is 2. The van der Waals surface area contributed by atoms with E-state index < -0.39 is 0 Å². The van der Waals surface area contributed by atoms with Crippen LogP contribution >= 0.6 is 0 Å². The molecule has 0 aliphatic heterocycles. The van der Waals surface area contributed by atoms with Crippen LogP contribution in [0.3, 0.4) is 0 Å². The van der Waals surface area contributed by atoms with Crippen molar-refractivity contribution < 1.29 is 4.39 Å². The molecule has 0 saturated carbocycles. The lowest BCUT2D eigenvalue weighted by Gasteiger charge is -2.21. The normalized spacial score (nSPS) is 11.4. The Kier molecular flexibility index (Phi) is 6.10. The average molecular weight is 300 g/mol. The molecular weight excluding hydrogens is 275 g/mol. The Morgan fingerprint density at radius 2 is 1.59 bits per heavy atom. The van der Waals surface area contributed by atoms with E-state index >= 15 is 0 Å². The van der Waals surface area contributed by atoms with E-state index in [2.05, 4.69) is 55.4 Å². The first-order valence-electron chi connectivity index (χ1n) is 7.78. The van der Waals surface area contributed by atoms with Crippen molar-refractivity contribution in [2.24, 2.45) is 0 Å². The number of halogens is 1. The summed E-state index contributed by atoms with van der Waals surface area (Å²) < 4.78 is 12.9. The molecule has 0 amide bonds. The smallest absolute Gasteiger partial charge is 0.123 e. The molecular formula is C19H25FN2. The van der Waals surface area contributed by atoms with Crippen molar-refractivity contribution in [2.75, 3.05) is 7.05 Å². The topological polar surface area (TPSA) is 15.3 Å². The van der Waals surface area contributed by atoms with Crippen molar-refractivity contribution in [1.29, 1.82) is 0 Å². The Bertz CT molecular complexity index is 578. The van der Waals surface area contributed by atoms with Gasteiger partial charge < -0.3 is 5.32 Å². The molecule has 2 nitrogen and oxygen atoms in total. The molecule has 1 N–H and O–H groups in total. The van der Waals surface area contributed by atoms with E-state index in [1.807, 2.05) is 12.1 Å². The van der Waals surface area contributed by atoms with Crippen LogP contribution in [0.4, 0.5) is 4.39 Å². The Morgan fingerprint density at radius 1 is 0.955 bits per heavy atom. The highest BCUT2D eigenvalue weighted by Crippen LogP contribution is 2.10. The van der Waals surface area contributed by atoms with Gasteiger partial charge in [-0.15, -0.1) is 0 Å². The van der Waals surface area contributed by atoms with Gasteiger partial charge in [0.05, 0.1) is 0 Å². The summed E-state index contributed by atoms with van der Waals surface area (Å²) in [5.41, 5.74) is 3.70. The van der Waals surface area contributed by atoms with Crippen LogP contribution in [0.15, 0.2) is 48.5 Å². The first kappa shape index (κ1) is 16.7. The molecule has 2 rings (SSSR count). The van der Waals surface area contributed by atoms with Crippen molar-refractivity contribution in [3.05, 3.63) is 71.0 Å². The van der Waals surface area contributed by atoms with Gasteiger partial charge in [0.2, 0.25) is 0 Å². The summed E-state index contributed by atoms with van der Waals surface area (Å²) in [7, 11) is 2.14. The van der Waals surface area contributed by atoms with E-state index in [0.29, 0.717) is 6.04 Å². The fraction of sp³-hybridized carbons (Fsp3) is 0.368. The van der Waals surface area contributed by atoms with Gasteiger partial charge in [0.15, 0.2) is 0 Å². The first-order chi connectivity index (χ1) is 10.5. The number of nitrogens with zero attached hydrogens (tertiary/aromatic N) is 1. The zero-order chi connectivity index (χ0) is 15.9. The summed E-state index contributed by atoms with van der Waals surface area (Å²) in [6, 6.07) is 15.8. The average Bonchev–Trinajstić information content (AvgIpc) is 2.49. The summed E-state index contributed by atoms with van der Waals surface area (Å²) in [5, 5.41) is 3.40. The highest BCUT2D eigenvalue weighted by Gasteiger charge is 2.04. The molecule has 2 aromatic rings. The van der Waals surface area contributed by atoms with E-state index in [1.54, 1.807) is 0 Å². The minimum atomic E-state index is -0.189. The lowest BCUT2D eigenvalue weighted by molar-refractivity contribution is 0.266.